The zero-order valence-corrected chi connectivity index (χ0v) is 10.8. The molecule has 0 aliphatic carbocycles. The number of hydrogen-bond donors (Lipinski definition) is 1. The maximum Gasteiger partial charge on any atom is 0.0900 e. The van der Waals surface area contributed by atoms with Gasteiger partial charge in [-0.2, -0.15) is 0 Å². The molecule has 1 aliphatic rings. The van der Waals surface area contributed by atoms with E-state index >= 15 is 0 Å². The summed E-state index contributed by atoms with van der Waals surface area (Å²) in [6.07, 6.45) is 1.11. The Bertz CT molecular complexity index is 220. The minimum absolute atomic E-state index is 1.03. The zero-order valence-electron chi connectivity index (χ0n) is 9.98. The van der Waals surface area contributed by atoms with E-state index in [1.807, 2.05) is 39.0 Å². The van der Waals surface area contributed by atoms with E-state index in [1.165, 1.54) is 15.6 Å². The quantitative estimate of drug-likeness (QED) is 0.717. The van der Waals surface area contributed by atoms with Gasteiger partial charge < -0.3 is 5.32 Å². The summed E-state index contributed by atoms with van der Waals surface area (Å²) < 4.78 is 0. The Balaban J connectivity index is 0.000000379. The van der Waals surface area contributed by atoms with E-state index in [9.17, 15) is 0 Å². The van der Waals surface area contributed by atoms with Gasteiger partial charge in [0.15, 0.2) is 0 Å². The first-order valence-electron chi connectivity index (χ1n) is 5.52. The minimum atomic E-state index is 1.03. The van der Waals surface area contributed by atoms with Gasteiger partial charge in [0.05, 0.1) is 10.7 Å². The van der Waals surface area contributed by atoms with Gasteiger partial charge in [-0.3, -0.25) is 0 Å². The lowest BCUT2D eigenvalue weighted by atomic mass is 10.2. The Kier molecular flexibility index (Phi) is 7.71. The Labute approximate surface area is 91.8 Å². The Hall–Kier alpha value is -0.410. The summed E-state index contributed by atoms with van der Waals surface area (Å²) in [6.45, 7) is 12.2. The molecule has 0 saturated heterocycles. The smallest absolute Gasteiger partial charge is 0.0900 e. The minimum Gasteiger partial charge on any atom is -0.311 e. The molecular weight excluding hydrogens is 192 g/mol. The second kappa shape index (κ2) is 7.94. The predicted octanol–water partition coefficient (Wildman–Crippen LogP) is 3.15. The van der Waals surface area contributed by atoms with Gasteiger partial charge in [0.25, 0.3) is 0 Å². The number of hydrogen-bond acceptors (Lipinski definition) is 3. The summed E-state index contributed by atoms with van der Waals surface area (Å²) in [7, 11) is 0. The Morgan fingerprint density at radius 2 is 1.86 bits per heavy atom. The first-order chi connectivity index (χ1) is 6.86. The molecule has 1 N–H and O–H groups in total. The molecule has 0 saturated carbocycles. The van der Waals surface area contributed by atoms with Gasteiger partial charge in [0, 0.05) is 24.4 Å². The van der Waals surface area contributed by atoms with Crippen LogP contribution in [0, 0.1) is 6.92 Å². The fourth-order valence-corrected chi connectivity index (χ4v) is 2.21. The van der Waals surface area contributed by atoms with Crippen molar-refractivity contribution in [1.29, 1.82) is 0 Å². The van der Waals surface area contributed by atoms with Crippen LogP contribution in [-0.4, -0.2) is 11.5 Å². The van der Waals surface area contributed by atoms with Crippen molar-refractivity contribution in [2.75, 3.05) is 6.54 Å². The summed E-state index contributed by atoms with van der Waals surface area (Å²) in [4.78, 5) is 5.86. The first kappa shape index (κ1) is 13.6. The third-order valence-corrected chi connectivity index (χ3v) is 2.72. The van der Waals surface area contributed by atoms with Crippen molar-refractivity contribution in [3.63, 3.8) is 0 Å². The first-order valence-corrected chi connectivity index (χ1v) is 6.34. The van der Waals surface area contributed by atoms with Crippen LogP contribution < -0.4 is 5.32 Å². The molecule has 0 unspecified atom stereocenters. The van der Waals surface area contributed by atoms with Crippen molar-refractivity contribution in [3.8, 4) is 0 Å². The standard InChI is InChI=1S/C7H10N2S.2C2H6/c1-5-9-6-2-3-8-4-7(6)10-5;2*1-2/h8H,2-4H2,1H3;2*1-2H3. The molecule has 82 valence electrons. The van der Waals surface area contributed by atoms with E-state index in [4.69, 9.17) is 0 Å². The third kappa shape index (κ3) is 3.76. The fourth-order valence-electron chi connectivity index (χ4n) is 1.25. The lowest BCUT2D eigenvalue weighted by molar-refractivity contribution is 0.643. The van der Waals surface area contributed by atoms with Crippen LogP contribution in [0.3, 0.4) is 0 Å². The molecule has 14 heavy (non-hydrogen) atoms. The molecule has 3 heteroatoms. The van der Waals surface area contributed by atoms with Gasteiger partial charge in [-0.15, -0.1) is 11.3 Å². The highest BCUT2D eigenvalue weighted by Crippen LogP contribution is 2.20. The van der Waals surface area contributed by atoms with Crippen LogP contribution in [0.1, 0.15) is 43.3 Å². The monoisotopic (exact) mass is 214 g/mol. The van der Waals surface area contributed by atoms with Gasteiger partial charge >= 0.3 is 0 Å². The zero-order chi connectivity index (χ0) is 11.0. The van der Waals surface area contributed by atoms with Crippen molar-refractivity contribution in [1.82, 2.24) is 10.3 Å². The van der Waals surface area contributed by atoms with Gasteiger partial charge in [-0.05, 0) is 6.92 Å². The van der Waals surface area contributed by atoms with Crippen LogP contribution in [0.5, 0.6) is 0 Å². The molecular formula is C11H22N2S. The highest BCUT2D eigenvalue weighted by atomic mass is 32.1. The molecule has 2 heterocycles. The number of fused-ring (bicyclic) bond motifs is 1. The molecule has 0 fully saturated rings. The Morgan fingerprint density at radius 1 is 1.21 bits per heavy atom. The topological polar surface area (TPSA) is 24.9 Å². The van der Waals surface area contributed by atoms with E-state index in [1.54, 1.807) is 0 Å². The molecule has 0 amide bonds. The van der Waals surface area contributed by atoms with Crippen LogP contribution in [0.25, 0.3) is 0 Å². The predicted molar refractivity (Wildman–Crippen MR) is 65.0 cm³/mol. The molecule has 0 atom stereocenters. The molecule has 0 aromatic carbocycles. The van der Waals surface area contributed by atoms with Crippen molar-refractivity contribution < 1.29 is 0 Å². The summed E-state index contributed by atoms with van der Waals surface area (Å²) in [5.41, 5.74) is 1.32. The molecule has 2 nitrogen and oxygen atoms in total. The van der Waals surface area contributed by atoms with Crippen LogP contribution in [0.4, 0.5) is 0 Å². The highest BCUT2D eigenvalue weighted by molar-refractivity contribution is 7.11. The number of thiazole rings is 1. The van der Waals surface area contributed by atoms with Crippen LogP contribution in [0.15, 0.2) is 0 Å². The van der Waals surface area contributed by atoms with Crippen molar-refractivity contribution in [2.24, 2.45) is 0 Å². The molecule has 1 aliphatic heterocycles. The van der Waals surface area contributed by atoms with Crippen molar-refractivity contribution in [2.45, 2.75) is 47.6 Å². The van der Waals surface area contributed by atoms with E-state index in [0.29, 0.717) is 0 Å². The SMILES string of the molecule is CC.CC.Cc1nc2c(s1)CNCC2. The summed E-state index contributed by atoms with van der Waals surface area (Å²) >= 11 is 1.82. The van der Waals surface area contributed by atoms with E-state index in [2.05, 4.69) is 17.2 Å². The molecule has 0 bridgehead atoms. The lowest BCUT2D eigenvalue weighted by Crippen LogP contribution is -2.22. The molecule has 0 radical (unpaired) electrons. The second-order valence-corrected chi connectivity index (χ2v) is 3.82. The van der Waals surface area contributed by atoms with Gasteiger partial charge in [0.1, 0.15) is 0 Å². The summed E-state index contributed by atoms with van der Waals surface area (Å²) in [5, 5.41) is 4.53. The van der Waals surface area contributed by atoms with Crippen molar-refractivity contribution >= 4 is 11.3 Å². The maximum atomic E-state index is 4.43. The number of nitrogens with one attached hydrogen (secondary N) is 1. The molecule has 2 rings (SSSR count). The highest BCUT2D eigenvalue weighted by Gasteiger charge is 2.11. The van der Waals surface area contributed by atoms with Gasteiger partial charge in [0.2, 0.25) is 0 Å². The lowest BCUT2D eigenvalue weighted by Gasteiger charge is -2.09. The van der Waals surface area contributed by atoms with Crippen LogP contribution >= 0.6 is 11.3 Å². The summed E-state index contributed by atoms with van der Waals surface area (Å²) in [5.74, 6) is 0. The average molecular weight is 214 g/mol. The van der Waals surface area contributed by atoms with E-state index in [0.717, 1.165) is 19.5 Å². The van der Waals surface area contributed by atoms with Crippen molar-refractivity contribution in [3.05, 3.63) is 15.6 Å². The number of aryl methyl sites for hydroxylation is 1. The third-order valence-electron chi connectivity index (χ3n) is 1.71. The molecule has 0 spiro atoms. The fraction of sp³-hybridized carbons (Fsp3) is 0.727. The second-order valence-electron chi connectivity index (χ2n) is 2.53. The molecule has 1 aromatic heterocycles. The average Bonchev–Trinajstić information content (AvgIpc) is 2.64. The number of rotatable bonds is 0. The largest absolute Gasteiger partial charge is 0.311 e. The molecule has 1 aromatic rings. The van der Waals surface area contributed by atoms with E-state index < -0.39 is 0 Å². The number of aromatic nitrogens is 1. The normalized spacial score (nSPS) is 12.9. The maximum absolute atomic E-state index is 4.43. The number of nitrogens with zero attached hydrogens (tertiary/aromatic N) is 1. The van der Waals surface area contributed by atoms with Crippen LogP contribution in [0.2, 0.25) is 0 Å². The van der Waals surface area contributed by atoms with E-state index in [-0.39, 0.29) is 0 Å². The van der Waals surface area contributed by atoms with Crippen LogP contribution in [-0.2, 0) is 13.0 Å². The Morgan fingerprint density at radius 3 is 2.43 bits per heavy atom. The van der Waals surface area contributed by atoms with Gasteiger partial charge in [-0.25, -0.2) is 4.98 Å². The van der Waals surface area contributed by atoms with Gasteiger partial charge in [-0.1, -0.05) is 27.7 Å². The summed E-state index contributed by atoms with van der Waals surface area (Å²) in [6, 6.07) is 0.